The smallest absolute Gasteiger partial charge is 0.230 e. The van der Waals surface area contributed by atoms with E-state index in [2.05, 4.69) is 41.7 Å². The number of nitrogens with one attached hydrogen (secondary N) is 1. The predicted molar refractivity (Wildman–Crippen MR) is 114 cm³/mol. The lowest BCUT2D eigenvalue weighted by molar-refractivity contribution is -0.118. The van der Waals surface area contributed by atoms with Crippen molar-refractivity contribution in [2.45, 2.75) is 4.75 Å². The molecule has 3 aromatic carbocycles. The minimum atomic E-state index is -0.468. The van der Waals surface area contributed by atoms with Crippen molar-refractivity contribution < 1.29 is 4.79 Å². The Kier molecular flexibility index (Phi) is 6.69. The minimum Gasteiger partial charge on any atom is -0.354 e. The highest BCUT2D eigenvalue weighted by Gasteiger charge is 2.37. The zero-order valence-corrected chi connectivity index (χ0v) is 16.0. The summed E-state index contributed by atoms with van der Waals surface area (Å²) in [5.74, 6) is 0.344. The van der Waals surface area contributed by atoms with Gasteiger partial charge >= 0.3 is 0 Å². The van der Waals surface area contributed by atoms with Gasteiger partial charge in [0.2, 0.25) is 5.91 Å². The molecular weight excluding hydrogens is 352 g/mol. The quantitative estimate of drug-likeness (QED) is 0.588. The second-order valence-corrected chi connectivity index (χ2v) is 7.40. The van der Waals surface area contributed by atoms with Crippen molar-refractivity contribution in [3.05, 3.63) is 108 Å². The molecule has 3 nitrogen and oxygen atoms in total. The molecule has 0 heterocycles. The van der Waals surface area contributed by atoms with E-state index in [0.29, 0.717) is 18.8 Å². The molecule has 1 amide bonds. The van der Waals surface area contributed by atoms with Gasteiger partial charge in [-0.2, -0.15) is 0 Å². The molecule has 3 aromatic rings. The van der Waals surface area contributed by atoms with Crippen LogP contribution in [0.25, 0.3) is 0 Å². The van der Waals surface area contributed by atoms with Crippen LogP contribution in [0.3, 0.4) is 0 Å². The summed E-state index contributed by atoms with van der Waals surface area (Å²) in [6, 6.07) is 31.1. The van der Waals surface area contributed by atoms with Crippen molar-refractivity contribution in [1.29, 1.82) is 0 Å². The van der Waals surface area contributed by atoms with Crippen molar-refractivity contribution in [2.24, 2.45) is 5.73 Å². The van der Waals surface area contributed by atoms with Gasteiger partial charge in [-0.1, -0.05) is 91.0 Å². The minimum absolute atomic E-state index is 0.00221. The van der Waals surface area contributed by atoms with Crippen LogP contribution in [0.5, 0.6) is 0 Å². The number of thioether (sulfide) groups is 1. The zero-order valence-electron chi connectivity index (χ0n) is 15.2. The molecule has 0 aliphatic heterocycles. The number of carbonyl (C=O) groups excluding carboxylic acids is 1. The van der Waals surface area contributed by atoms with E-state index in [1.54, 1.807) is 11.8 Å². The summed E-state index contributed by atoms with van der Waals surface area (Å²) in [6.07, 6.45) is 0. The van der Waals surface area contributed by atoms with Gasteiger partial charge in [0.25, 0.3) is 0 Å². The van der Waals surface area contributed by atoms with Crippen LogP contribution in [0.2, 0.25) is 0 Å². The van der Waals surface area contributed by atoms with E-state index in [9.17, 15) is 4.79 Å². The van der Waals surface area contributed by atoms with Gasteiger partial charge in [0.15, 0.2) is 0 Å². The van der Waals surface area contributed by atoms with Gasteiger partial charge in [-0.3, -0.25) is 4.79 Å². The monoisotopic (exact) mass is 376 g/mol. The fourth-order valence-electron chi connectivity index (χ4n) is 3.21. The van der Waals surface area contributed by atoms with Crippen molar-refractivity contribution in [1.82, 2.24) is 5.32 Å². The molecular formula is C23H24N2OS. The highest BCUT2D eigenvalue weighted by Crippen LogP contribution is 2.48. The third kappa shape index (κ3) is 4.41. The molecule has 0 aliphatic carbocycles. The maximum absolute atomic E-state index is 12.4. The first-order valence-corrected chi connectivity index (χ1v) is 10.0. The van der Waals surface area contributed by atoms with Crippen molar-refractivity contribution >= 4 is 17.7 Å². The van der Waals surface area contributed by atoms with Crippen molar-refractivity contribution in [3.8, 4) is 0 Å². The molecule has 0 aromatic heterocycles. The lowest BCUT2D eigenvalue weighted by Gasteiger charge is -2.35. The number of hydrogen-bond donors (Lipinski definition) is 2. The van der Waals surface area contributed by atoms with E-state index < -0.39 is 4.75 Å². The Labute approximate surface area is 165 Å². The van der Waals surface area contributed by atoms with Crippen LogP contribution in [-0.4, -0.2) is 24.7 Å². The van der Waals surface area contributed by atoms with Crippen LogP contribution < -0.4 is 11.1 Å². The Bertz CT molecular complexity index is 741. The summed E-state index contributed by atoms with van der Waals surface area (Å²) in [4.78, 5) is 12.4. The van der Waals surface area contributed by atoms with Crippen LogP contribution in [0.15, 0.2) is 91.0 Å². The summed E-state index contributed by atoms with van der Waals surface area (Å²) in [5.41, 5.74) is 8.97. The molecule has 27 heavy (non-hydrogen) atoms. The van der Waals surface area contributed by atoms with Crippen LogP contribution in [0.1, 0.15) is 16.7 Å². The van der Waals surface area contributed by atoms with E-state index in [1.165, 1.54) is 0 Å². The number of benzene rings is 3. The SMILES string of the molecule is NCCNC(=O)CSC(c1ccccc1)(c1ccccc1)c1ccccc1. The fourth-order valence-corrected chi connectivity index (χ4v) is 4.56. The van der Waals surface area contributed by atoms with Crippen molar-refractivity contribution in [2.75, 3.05) is 18.8 Å². The standard InChI is InChI=1S/C23H24N2OS/c24-16-17-25-22(26)18-27-23(19-10-4-1-5-11-19,20-12-6-2-7-13-20)21-14-8-3-9-15-21/h1-15H,16-18,24H2,(H,25,26). The Hall–Kier alpha value is -2.56. The van der Waals surface area contributed by atoms with Crippen LogP contribution in [-0.2, 0) is 9.54 Å². The number of hydrogen-bond acceptors (Lipinski definition) is 3. The highest BCUT2D eigenvalue weighted by atomic mass is 32.2. The molecule has 0 spiro atoms. The zero-order chi connectivity index (χ0) is 19.0. The summed E-state index contributed by atoms with van der Waals surface area (Å²) < 4.78 is -0.468. The first kappa shape index (κ1) is 19.2. The summed E-state index contributed by atoms with van der Waals surface area (Å²) in [7, 11) is 0. The Morgan fingerprint density at radius 2 is 1.19 bits per heavy atom. The average Bonchev–Trinajstić information content (AvgIpc) is 2.75. The van der Waals surface area contributed by atoms with E-state index in [-0.39, 0.29) is 5.91 Å². The maximum atomic E-state index is 12.4. The molecule has 0 atom stereocenters. The molecule has 0 aliphatic rings. The molecule has 0 saturated carbocycles. The van der Waals surface area contributed by atoms with E-state index in [1.807, 2.05) is 54.6 Å². The normalized spacial score (nSPS) is 11.1. The maximum Gasteiger partial charge on any atom is 0.230 e. The van der Waals surface area contributed by atoms with Gasteiger partial charge in [0.05, 0.1) is 10.5 Å². The number of nitrogens with two attached hydrogens (primary N) is 1. The first-order valence-electron chi connectivity index (χ1n) is 9.04. The highest BCUT2D eigenvalue weighted by molar-refractivity contribution is 8.01. The van der Waals surface area contributed by atoms with Gasteiger partial charge in [0, 0.05) is 13.1 Å². The Morgan fingerprint density at radius 1 is 0.778 bits per heavy atom. The molecule has 0 bridgehead atoms. The van der Waals surface area contributed by atoms with Crippen LogP contribution >= 0.6 is 11.8 Å². The summed E-state index contributed by atoms with van der Waals surface area (Å²) in [5, 5.41) is 2.87. The first-order chi connectivity index (χ1) is 13.3. The van der Waals surface area contributed by atoms with Crippen LogP contribution in [0.4, 0.5) is 0 Å². The number of carbonyl (C=O) groups is 1. The molecule has 0 unspecified atom stereocenters. The van der Waals surface area contributed by atoms with Gasteiger partial charge in [-0.25, -0.2) is 0 Å². The molecule has 3 rings (SSSR count). The third-order valence-corrected chi connectivity index (χ3v) is 5.97. The predicted octanol–water partition coefficient (Wildman–Crippen LogP) is 3.79. The molecule has 3 N–H and O–H groups in total. The molecule has 4 heteroatoms. The molecule has 0 radical (unpaired) electrons. The second-order valence-electron chi connectivity index (χ2n) is 6.21. The molecule has 0 fully saturated rings. The Balaban J connectivity index is 2.10. The topological polar surface area (TPSA) is 55.1 Å². The fraction of sp³-hybridized carbons (Fsp3) is 0.174. The lowest BCUT2D eigenvalue weighted by atomic mass is 9.84. The number of amides is 1. The van der Waals surface area contributed by atoms with Crippen molar-refractivity contribution in [3.63, 3.8) is 0 Å². The van der Waals surface area contributed by atoms with Gasteiger partial charge < -0.3 is 11.1 Å². The molecule has 138 valence electrons. The average molecular weight is 377 g/mol. The van der Waals surface area contributed by atoms with Crippen LogP contribution in [0, 0.1) is 0 Å². The largest absolute Gasteiger partial charge is 0.354 e. The summed E-state index contributed by atoms with van der Waals surface area (Å²) >= 11 is 1.63. The lowest BCUT2D eigenvalue weighted by Crippen LogP contribution is -2.33. The van der Waals surface area contributed by atoms with Gasteiger partial charge in [-0.05, 0) is 16.7 Å². The number of rotatable bonds is 8. The van der Waals surface area contributed by atoms with E-state index in [0.717, 1.165) is 16.7 Å². The van der Waals surface area contributed by atoms with E-state index in [4.69, 9.17) is 5.73 Å². The van der Waals surface area contributed by atoms with Gasteiger partial charge in [-0.15, -0.1) is 11.8 Å². The third-order valence-electron chi connectivity index (χ3n) is 4.43. The van der Waals surface area contributed by atoms with E-state index >= 15 is 0 Å². The summed E-state index contributed by atoms with van der Waals surface area (Å²) in [6.45, 7) is 0.937. The van der Waals surface area contributed by atoms with Gasteiger partial charge in [0.1, 0.15) is 0 Å². The Morgan fingerprint density at radius 3 is 1.56 bits per heavy atom. The second kappa shape index (κ2) is 9.40. The molecule has 0 saturated heterocycles.